The average Bonchev–Trinajstić information content (AvgIpc) is 3.16. The minimum atomic E-state index is -0.939. The fourth-order valence-electron chi connectivity index (χ4n) is 4.82. The summed E-state index contributed by atoms with van der Waals surface area (Å²) in [5, 5.41) is 10.5. The van der Waals surface area contributed by atoms with E-state index in [-0.39, 0.29) is 30.5 Å². The van der Waals surface area contributed by atoms with Gasteiger partial charge in [-0.15, -0.1) is 0 Å². The summed E-state index contributed by atoms with van der Waals surface area (Å²) in [6, 6.07) is 4.14. The van der Waals surface area contributed by atoms with E-state index in [1.54, 1.807) is 7.11 Å². The maximum atomic E-state index is 10.5. The van der Waals surface area contributed by atoms with Crippen LogP contribution in [0.25, 0.3) is 0 Å². The lowest BCUT2D eigenvalue weighted by Crippen LogP contribution is -2.52. The van der Waals surface area contributed by atoms with Crippen LogP contribution in [0.4, 0.5) is 0 Å². The molecule has 24 heavy (non-hydrogen) atoms. The number of hydrogen-bond donors (Lipinski definition) is 1. The molecule has 0 bridgehead atoms. The Labute approximate surface area is 140 Å². The van der Waals surface area contributed by atoms with Crippen molar-refractivity contribution in [3.05, 3.63) is 35.4 Å². The molecule has 5 rings (SSSR count). The van der Waals surface area contributed by atoms with Gasteiger partial charge in [0.2, 0.25) is 6.79 Å². The van der Waals surface area contributed by atoms with E-state index in [1.165, 1.54) is 0 Å². The molecule has 1 fully saturated rings. The Morgan fingerprint density at radius 3 is 2.88 bits per heavy atom. The van der Waals surface area contributed by atoms with Gasteiger partial charge in [-0.1, -0.05) is 12.2 Å². The fraction of sp³-hybridized carbons (Fsp3) is 0.556. The Morgan fingerprint density at radius 2 is 2.08 bits per heavy atom. The molecule has 1 unspecified atom stereocenters. The average molecular weight is 331 g/mol. The summed E-state index contributed by atoms with van der Waals surface area (Å²) in [7, 11) is 3.85. The quantitative estimate of drug-likeness (QED) is 0.784. The maximum Gasteiger partial charge on any atom is 0.231 e. The van der Waals surface area contributed by atoms with Crippen LogP contribution in [-0.4, -0.2) is 55.8 Å². The zero-order valence-corrected chi connectivity index (χ0v) is 13.8. The molecule has 1 N–H and O–H groups in total. The second kappa shape index (κ2) is 4.95. The first-order chi connectivity index (χ1) is 11.6. The lowest BCUT2D eigenvalue weighted by atomic mass is 9.65. The molecule has 1 aliphatic carbocycles. The molecule has 6 heteroatoms. The SMILES string of the molecule is CO[C@@H]1C=C[C@]23c4cc5c(cc4C(O)O[C@@H]2CN(C)[C@H]3C1)OCO5. The van der Waals surface area contributed by atoms with E-state index in [9.17, 15) is 5.11 Å². The van der Waals surface area contributed by atoms with Gasteiger partial charge >= 0.3 is 0 Å². The first-order valence-corrected chi connectivity index (χ1v) is 8.33. The number of methoxy groups -OCH3 is 1. The van der Waals surface area contributed by atoms with Gasteiger partial charge in [-0.3, -0.25) is 4.90 Å². The summed E-state index contributed by atoms with van der Waals surface area (Å²) < 4.78 is 22.6. The van der Waals surface area contributed by atoms with Gasteiger partial charge in [-0.2, -0.15) is 0 Å². The number of aliphatic hydroxyl groups excluding tert-OH is 1. The third-order valence-electron chi connectivity index (χ3n) is 5.99. The summed E-state index contributed by atoms with van der Waals surface area (Å²) in [5.74, 6) is 1.41. The van der Waals surface area contributed by atoms with Gasteiger partial charge in [0.1, 0.15) is 0 Å². The summed E-state index contributed by atoms with van der Waals surface area (Å²) in [6.07, 6.45) is 4.31. The highest BCUT2D eigenvalue weighted by atomic mass is 16.7. The third kappa shape index (κ3) is 1.74. The predicted molar refractivity (Wildman–Crippen MR) is 85.0 cm³/mol. The summed E-state index contributed by atoms with van der Waals surface area (Å²) in [4.78, 5) is 2.31. The van der Waals surface area contributed by atoms with Crippen LogP contribution >= 0.6 is 0 Å². The topological polar surface area (TPSA) is 60.4 Å². The number of nitrogens with zero attached hydrogens (tertiary/aromatic N) is 1. The number of ether oxygens (including phenoxy) is 4. The van der Waals surface area contributed by atoms with Crippen molar-refractivity contribution in [2.45, 2.75) is 36.4 Å². The lowest BCUT2D eigenvalue weighted by Gasteiger charge is -2.46. The second-order valence-electron chi connectivity index (χ2n) is 7.03. The van der Waals surface area contributed by atoms with Gasteiger partial charge < -0.3 is 24.1 Å². The number of likely N-dealkylation sites (tertiary alicyclic amines) is 1. The minimum Gasteiger partial charge on any atom is -0.454 e. The highest BCUT2D eigenvalue weighted by molar-refractivity contribution is 5.56. The lowest BCUT2D eigenvalue weighted by molar-refractivity contribution is -0.160. The smallest absolute Gasteiger partial charge is 0.231 e. The Kier molecular flexibility index (Phi) is 3.04. The molecule has 3 heterocycles. The van der Waals surface area contributed by atoms with E-state index in [0.29, 0.717) is 5.75 Å². The highest BCUT2D eigenvalue weighted by Gasteiger charge is 2.59. The zero-order chi connectivity index (χ0) is 16.5. The number of hydrogen-bond acceptors (Lipinski definition) is 6. The van der Waals surface area contributed by atoms with E-state index in [2.05, 4.69) is 24.1 Å². The molecule has 1 saturated heterocycles. The number of fused-ring (bicyclic) bond motifs is 2. The molecule has 128 valence electrons. The second-order valence-corrected chi connectivity index (χ2v) is 7.03. The Balaban J connectivity index is 1.73. The summed E-state index contributed by atoms with van der Waals surface area (Å²) in [6.45, 7) is 0.993. The Hall–Kier alpha value is -1.60. The number of rotatable bonds is 1. The van der Waals surface area contributed by atoms with Crippen LogP contribution in [0.15, 0.2) is 24.3 Å². The predicted octanol–water partition coefficient (Wildman–Crippen LogP) is 1.33. The first kappa shape index (κ1) is 14.7. The van der Waals surface area contributed by atoms with Crippen LogP contribution < -0.4 is 9.47 Å². The van der Waals surface area contributed by atoms with Gasteiger partial charge in [0, 0.05) is 25.3 Å². The Morgan fingerprint density at radius 1 is 1.29 bits per heavy atom. The van der Waals surface area contributed by atoms with Crippen molar-refractivity contribution in [3.63, 3.8) is 0 Å². The van der Waals surface area contributed by atoms with E-state index in [0.717, 1.165) is 29.8 Å². The molecule has 0 radical (unpaired) electrons. The minimum absolute atomic E-state index is 0.0931. The molecule has 6 nitrogen and oxygen atoms in total. The molecule has 4 aliphatic rings. The van der Waals surface area contributed by atoms with Crippen molar-refractivity contribution in [2.75, 3.05) is 27.5 Å². The first-order valence-electron chi connectivity index (χ1n) is 8.33. The van der Waals surface area contributed by atoms with Gasteiger partial charge in [-0.05, 0) is 31.2 Å². The molecule has 1 aromatic rings. The zero-order valence-electron chi connectivity index (χ0n) is 13.8. The van der Waals surface area contributed by atoms with E-state index in [4.69, 9.17) is 18.9 Å². The summed E-state index contributed by atoms with van der Waals surface area (Å²) in [5.41, 5.74) is 1.56. The molecule has 5 atom stereocenters. The molecule has 0 saturated carbocycles. The van der Waals surface area contributed by atoms with Gasteiger partial charge in [0.25, 0.3) is 0 Å². The van der Waals surface area contributed by atoms with E-state index >= 15 is 0 Å². The molecule has 1 spiro atoms. The van der Waals surface area contributed by atoms with Crippen molar-refractivity contribution in [2.24, 2.45) is 0 Å². The van der Waals surface area contributed by atoms with Crippen molar-refractivity contribution >= 4 is 0 Å². The standard InChI is InChI=1S/C18H21NO5/c1-19-8-16-18(4-3-10(21-2)5-15(18)19)12-7-14-13(22-9-23-14)6-11(12)17(20)24-16/h3-4,6-7,10,15-17,20H,5,8-9H2,1-2H3/t10-,15+,16-,17?,18-/m1/s1. The fourth-order valence-corrected chi connectivity index (χ4v) is 4.82. The molecular weight excluding hydrogens is 310 g/mol. The van der Waals surface area contributed by atoms with Crippen LogP contribution in [0.2, 0.25) is 0 Å². The molecule has 3 aliphatic heterocycles. The van der Waals surface area contributed by atoms with Crippen LogP contribution in [-0.2, 0) is 14.9 Å². The normalized spacial score (nSPS) is 39.5. The van der Waals surface area contributed by atoms with Crippen molar-refractivity contribution in [1.82, 2.24) is 4.90 Å². The van der Waals surface area contributed by atoms with Crippen LogP contribution in [0.5, 0.6) is 11.5 Å². The number of likely N-dealkylation sites (N-methyl/N-ethyl adjacent to an activating group) is 1. The largest absolute Gasteiger partial charge is 0.454 e. The summed E-state index contributed by atoms with van der Waals surface area (Å²) >= 11 is 0. The molecule has 0 amide bonds. The van der Waals surface area contributed by atoms with Crippen LogP contribution in [0, 0.1) is 0 Å². The van der Waals surface area contributed by atoms with Crippen LogP contribution in [0.1, 0.15) is 23.8 Å². The van der Waals surface area contributed by atoms with Gasteiger partial charge in [-0.25, -0.2) is 0 Å². The molecular formula is C18H21NO5. The monoisotopic (exact) mass is 331 g/mol. The number of benzene rings is 1. The highest BCUT2D eigenvalue weighted by Crippen LogP contribution is 2.54. The van der Waals surface area contributed by atoms with Crippen molar-refractivity contribution < 1.29 is 24.1 Å². The van der Waals surface area contributed by atoms with E-state index < -0.39 is 6.29 Å². The molecule has 0 aromatic heterocycles. The maximum absolute atomic E-state index is 10.5. The van der Waals surface area contributed by atoms with Crippen molar-refractivity contribution in [1.29, 1.82) is 0 Å². The van der Waals surface area contributed by atoms with Gasteiger partial charge in [0.05, 0.1) is 17.6 Å². The van der Waals surface area contributed by atoms with Crippen LogP contribution in [0.3, 0.4) is 0 Å². The van der Waals surface area contributed by atoms with Crippen molar-refractivity contribution in [3.8, 4) is 11.5 Å². The molecule has 1 aromatic carbocycles. The van der Waals surface area contributed by atoms with E-state index in [1.807, 2.05) is 12.1 Å². The third-order valence-corrected chi connectivity index (χ3v) is 5.99. The van der Waals surface area contributed by atoms with Gasteiger partial charge in [0.15, 0.2) is 17.8 Å². The number of aliphatic hydroxyl groups is 1. The Bertz CT molecular complexity index is 720.